The first-order valence-electron chi connectivity index (χ1n) is 5.13. The Morgan fingerprint density at radius 1 is 1.40 bits per heavy atom. The molecule has 0 saturated heterocycles. The van der Waals surface area contributed by atoms with Gasteiger partial charge in [0.25, 0.3) is 0 Å². The summed E-state index contributed by atoms with van der Waals surface area (Å²) in [5.74, 6) is 0.0619. The van der Waals surface area contributed by atoms with Crippen molar-refractivity contribution < 1.29 is 9.90 Å². The van der Waals surface area contributed by atoms with Gasteiger partial charge in [0.15, 0.2) is 10.2 Å². The third-order valence-corrected chi connectivity index (χ3v) is 4.21. The van der Waals surface area contributed by atoms with E-state index in [-0.39, 0.29) is 11.9 Å². The van der Waals surface area contributed by atoms with Crippen molar-refractivity contribution in [3.8, 4) is 5.88 Å². The zero-order chi connectivity index (χ0) is 10.8. The molecular weight excluding hydrogens is 230 g/mol. The average Bonchev–Trinajstić information content (AvgIpc) is 2.55. The summed E-state index contributed by atoms with van der Waals surface area (Å²) < 4.78 is 2.37. The van der Waals surface area contributed by atoms with Gasteiger partial charge in [0, 0.05) is 6.04 Å². The van der Waals surface area contributed by atoms with Gasteiger partial charge in [0.05, 0.1) is 0 Å². The fourth-order valence-corrected chi connectivity index (χ4v) is 3.40. The van der Waals surface area contributed by atoms with Crippen LogP contribution in [0.2, 0.25) is 0 Å². The average molecular weight is 243 g/mol. The summed E-state index contributed by atoms with van der Waals surface area (Å²) in [4.78, 5) is 11.0. The Morgan fingerprint density at radius 2 is 2.07 bits per heavy atom. The first-order chi connectivity index (χ1) is 7.24. The van der Waals surface area contributed by atoms with Crippen LogP contribution in [0.15, 0.2) is 0 Å². The van der Waals surface area contributed by atoms with Gasteiger partial charge in [-0.05, 0) is 25.1 Å². The maximum absolute atomic E-state index is 10.7. The van der Waals surface area contributed by atoms with Crippen LogP contribution in [0, 0.1) is 3.95 Å². The van der Waals surface area contributed by atoms with Crippen molar-refractivity contribution in [2.75, 3.05) is 0 Å². The Kier molecular flexibility index (Phi) is 3.21. The van der Waals surface area contributed by atoms with Gasteiger partial charge in [0.2, 0.25) is 5.88 Å². The molecule has 0 amide bonds. The van der Waals surface area contributed by atoms with E-state index in [1.54, 1.807) is 4.57 Å². The molecule has 0 aromatic carbocycles. The van der Waals surface area contributed by atoms with Gasteiger partial charge in [-0.3, -0.25) is 9.36 Å². The Labute approximate surface area is 97.4 Å². The molecule has 0 radical (unpaired) electrons. The predicted octanol–water partition coefficient (Wildman–Crippen LogP) is 3.30. The number of hydrogen-bond donors (Lipinski definition) is 1. The second-order valence-electron chi connectivity index (χ2n) is 3.84. The van der Waals surface area contributed by atoms with Crippen LogP contribution < -0.4 is 0 Å². The molecule has 0 spiro atoms. The van der Waals surface area contributed by atoms with Crippen LogP contribution in [-0.4, -0.2) is 16.0 Å². The number of aldehydes is 1. The van der Waals surface area contributed by atoms with Gasteiger partial charge in [-0.2, -0.15) is 0 Å². The number of thiazole rings is 1. The second kappa shape index (κ2) is 4.45. The SMILES string of the molecule is O=Cc1sc(=S)n(C2CCCCC2)c1O. The molecule has 5 heteroatoms. The number of aromatic nitrogens is 1. The number of carbonyl (C=O) groups is 1. The van der Waals surface area contributed by atoms with Crippen LogP contribution in [0.3, 0.4) is 0 Å². The van der Waals surface area contributed by atoms with E-state index in [1.165, 1.54) is 30.6 Å². The molecule has 0 bridgehead atoms. The quantitative estimate of drug-likeness (QED) is 0.640. The van der Waals surface area contributed by atoms with Crippen molar-refractivity contribution in [3.05, 3.63) is 8.83 Å². The summed E-state index contributed by atoms with van der Waals surface area (Å²) in [6.45, 7) is 0. The maximum Gasteiger partial charge on any atom is 0.214 e. The first-order valence-corrected chi connectivity index (χ1v) is 6.36. The predicted molar refractivity (Wildman–Crippen MR) is 62.3 cm³/mol. The van der Waals surface area contributed by atoms with Gasteiger partial charge in [-0.25, -0.2) is 0 Å². The van der Waals surface area contributed by atoms with E-state index in [4.69, 9.17) is 12.2 Å². The smallest absolute Gasteiger partial charge is 0.214 e. The molecule has 2 rings (SSSR count). The van der Waals surface area contributed by atoms with Crippen LogP contribution in [0.5, 0.6) is 5.88 Å². The molecule has 1 fully saturated rings. The highest BCUT2D eigenvalue weighted by Gasteiger charge is 2.21. The van der Waals surface area contributed by atoms with Crippen LogP contribution in [0.4, 0.5) is 0 Å². The van der Waals surface area contributed by atoms with E-state index in [1.807, 2.05) is 0 Å². The summed E-state index contributed by atoms with van der Waals surface area (Å²) in [6, 6.07) is 0.288. The lowest BCUT2D eigenvalue weighted by Gasteiger charge is -2.23. The van der Waals surface area contributed by atoms with Crippen molar-refractivity contribution in [2.24, 2.45) is 0 Å². The number of carbonyl (C=O) groups excluding carboxylic acids is 1. The number of aromatic hydroxyl groups is 1. The third kappa shape index (κ3) is 1.99. The number of rotatable bonds is 2. The molecular formula is C10H13NO2S2. The van der Waals surface area contributed by atoms with Crippen molar-refractivity contribution in [1.82, 2.24) is 4.57 Å². The molecule has 1 N–H and O–H groups in total. The van der Waals surface area contributed by atoms with Crippen LogP contribution in [-0.2, 0) is 0 Å². The van der Waals surface area contributed by atoms with E-state index >= 15 is 0 Å². The Morgan fingerprint density at radius 3 is 2.60 bits per heavy atom. The number of hydrogen-bond acceptors (Lipinski definition) is 4. The zero-order valence-electron chi connectivity index (χ0n) is 8.31. The lowest BCUT2D eigenvalue weighted by atomic mass is 9.95. The van der Waals surface area contributed by atoms with Gasteiger partial charge < -0.3 is 5.11 Å². The minimum absolute atomic E-state index is 0.0619. The van der Waals surface area contributed by atoms with Gasteiger partial charge in [-0.15, -0.1) is 0 Å². The van der Waals surface area contributed by atoms with E-state index in [0.29, 0.717) is 15.1 Å². The highest BCUT2D eigenvalue weighted by atomic mass is 32.1. The molecule has 1 aliphatic carbocycles. The molecule has 1 heterocycles. The minimum Gasteiger partial charge on any atom is -0.493 e. The van der Waals surface area contributed by atoms with E-state index in [9.17, 15) is 9.90 Å². The summed E-state index contributed by atoms with van der Waals surface area (Å²) in [5.41, 5.74) is 0. The highest BCUT2D eigenvalue weighted by Crippen LogP contribution is 2.35. The molecule has 1 aromatic rings. The van der Waals surface area contributed by atoms with E-state index < -0.39 is 0 Å². The molecule has 0 atom stereocenters. The summed E-state index contributed by atoms with van der Waals surface area (Å²) in [6.07, 6.45) is 6.40. The molecule has 1 aromatic heterocycles. The minimum atomic E-state index is 0.0619. The van der Waals surface area contributed by atoms with Crippen molar-refractivity contribution in [2.45, 2.75) is 38.1 Å². The topological polar surface area (TPSA) is 42.2 Å². The monoisotopic (exact) mass is 243 g/mol. The molecule has 3 nitrogen and oxygen atoms in total. The first kappa shape index (κ1) is 10.8. The maximum atomic E-state index is 10.7. The normalized spacial score (nSPS) is 17.9. The highest BCUT2D eigenvalue weighted by molar-refractivity contribution is 7.73. The molecule has 1 saturated carbocycles. The molecule has 15 heavy (non-hydrogen) atoms. The van der Waals surface area contributed by atoms with Crippen molar-refractivity contribution in [3.63, 3.8) is 0 Å². The van der Waals surface area contributed by atoms with Crippen LogP contribution in [0.25, 0.3) is 0 Å². The Bertz CT molecular complexity index is 416. The van der Waals surface area contributed by atoms with E-state index in [0.717, 1.165) is 12.8 Å². The lowest BCUT2D eigenvalue weighted by molar-refractivity contribution is 0.112. The summed E-state index contributed by atoms with van der Waals surface area (Å²) in [7, 11) is 0. The summed E-state index contributed by atoms with van der Waals surface area (Å²) in [5, 5.41) is 9.84. The van der Waals surface area contributed by atoms with Crippen LogP contribution >= 0.6 is 23.6 Å². The fourth-order valence-electron chi connectivity index (χ4n) is 2.13. The zero-order valence-corrected chi connectivity index (χ0v) is 9.94. The van der Waals surface area contributed by atoms with Gasteiger partial charge in [-0.1, -0.05) is 30.6 Å². The van der Waals surface area contributed by atoms with Crippen molar-refractivity contribution in [1.29, 1.82) is 0 Å². The molecule has 0 aliphatic heterocycles. The Balaban J connectivity index is 2.37. The summed E-state index contributed by atoms with van der Waals surface area (Å²) >= 11 is 6.36. The Hall–Kier alpha value is -0.680. The van der Waals surface area contributed by atoms with Crippen LogP contribution in [0.1, 0.15) is 47.8 Å². The fraction of sp³-hybridized carbons (Fsp3) is 0.600. The van der Waals surface area contributed by atoms with Gasteiger partial charge >= 0.3 is 0 Å². The second-order valence-corrected chi connectivity index (χ2v) is 5.51. The van der Waals surface area contributed by atoms with Gasteiger partial charge in [0.1, 0.15) is 4.88 Å². The third-order valence-electron chi connectivity index (χ3n) is 2.89. The molecule has 1 aliphatic rings. The lowest BCUT2D eigenvalue weighted by Crippen LogP contribution is -2.12. The molecule has 82 valence electrons. The molecule has 0 unspecified atom stereocenters. The van der Waals surface area contributed by atoms with E-state index in [2.05, 4.69) is 0 Å². The standard InChI is InChI=1S/C10H13NO2S2/c12-6-8-9(13)11(10(14)15-8)7-4-2-1-3-5-7/h6-7,13H,1-5H2. The van der Waals surface area contributed by atoms with Crippen molar-refractivity contribution >= 4 is 29.8 Å². The largest absolute Gasteiger partial charge is 0.493 e. The number of nitrogens with zero attached hydrogens (tertiary/aromatic N) is 1.